The number of aryl methyl sites for hydroxylation is 1. The van der Waals surface area contributed by atoms with Crippen LogP contribution in [0.5, 0.6) is 0 Å². The first-order valence-corrected chi connectivity index (χ1v) is 6.56. The summed E-state index contributed by atoms with van der Waals surface area (Å²) >= 11 is 1.70. The second-order valence-corrected chi connectivity index (χ2v) is 5.08. The van der Waals surface area contributed by atoms with Crippen LogP contribution < -0.4 is 0 Å². The average Bonchev–Trinajstić information content (AvgIpc) is 3.03. The van der Waals surface area contributed by atoms with Gasteiger partial charge in [-0.1, -0.05) is 6.92 Å². The number of aldehydes is 1. The van der Waals surface area contributed by atoms with Gasteiger partial charge in [0.05, 0.1) is 15.2 Å². The van der Waals surface area contributed by atoms with Crippen molar-refractivity contribution in [2.24, 2.45) is 0 Å². The van der Waals surface area contributed by atoms with Crippen molar-refractivity contribution in [3.8, 4) is 11.3 Å². The third-order valence-corrected chi connectivity index (χ3v) is 3.93. The van der Waals surface area contributed by atoms with Crippen molar-refractivity contribution < 1.29 is 9.21 Å². The average molecular weight is 257 g/mol. The van der Waals surface area contributed by atoms with Crippen LogP contribution in [0.2, 0.25) is 0 Å². The van der Waals surface area contributed by atoms with E-state index in [9.17, 15) is 4.79 Å². The minimum atomic E-state index is 0.351. The van der Waals surface area contributed by atoms with Crippen LogP contribution in [0.3, 0.4) is 0 Å². The first kappa shape index (κ1) is 11.2. The fraction of sp³-hybridized carbons (Fsp3) is 0.143. The van der Waals surface area contributed by atoms with Gasteiger partial charge in [-0.25, -0.2) is 4.98 Å². The van der Waals surface area contributed by atoms with Gasteiger partial charge in [0, 0.05) is 5.56 Å². The van der Waals surface area contributed by atoms with Crippen LogP contribution in [0.15, 0.2) is 34.7 Å². The number of hydrogen-bond acceptors (Lipinski definition) is 4. The maximum absolute atomic E-state index is 10.6. The lowest BCUT2D eigenvalue weighted by molar-refractivity contribution is 0.110. The van der Waals surface area contributed by atoms with Gasteiger partial charge in [-0.15, -0.1) is 11.3 Å². The Morgan fingerprint density at radius 3 is 2.94 bits per heavy atom. The molecule has 4 heteroatoms. The lowest BCUT2D eigenvalue weighted by Gasteiger charge is -1.95. The van der Waals surface area contributed by atoms with Gasteiger partial charge in [0.2, 0.25) is 0 Å². The second-order valence-electron chi connectivity index (χ2n) is 3.96. The smallest absolute Gasteiger partial charge is 0.185 e. The van der Waals surface area contributed by atoms with E-state index in [-0.39, 0.29) is 0 Å². The molecule has 0 unspecified atom stereocenters. The van der Waals surface area contributed by atoms with Crippen molar-refractivity contribution in [2.75, 3.05) is 0 Å². The molecule has 0 radical (unpaired) electrons. The second kappa shape index (κ2) is 4.38. The van der Waals surface area contributed by atoms with Crippen molar-refractivity contribution in [1.82, 2.24) is 4.98 Å². The lowest BCUT2D eigenvalue weighted by Crippen LogP contribution is -1.75. The standard InChI is InChI=1S/C14H11NO2S/c1-2-14-15-11-5-3-9(7-13(11)18-14)12-6-4-10(8-16)17-12/h3-8H,2H2,1H3. The molecule has 0 atom stereocenters. The van der Waals surface area contributed by atoms with Crippen molar-refractivity contribution in [3.05, 3.63) is 41.1 Å². The van der Waals surface area contributed by atoms with Crippen LogP contribution in [0.25, 0.3) is 21.5 Å². The number of nitrogens with zero attached hydrogens (tertiary/aromatic N) is 1. The summed E-state index contributed by atoms with van der Waals surface area (Å²) < 4.78 is 6.56. The monoisotopic (exact) mass is 257 g/mol. The van der Waals surface area contributed by atoms with Crippen LogP contribution in [-0.2, 0) is 6.42 Å². The van der Waals surface area contributed by atoms with Crippen LogP contribution in [-0.4, -0.2) is 11.3 Å². The van der Waals surface area contributed by atoms with Gasteiger partial charge >= 0.3 is 0 Å². The summed E-state index contributed by atoms with van der Waals surface area (Å²) in [5, 5.41) is 1.13. The number of carbonyl (C=O) groups excluding carboxylic acids is 1. The van der Waals surface area contributed by atoms with E-state index >= 15 is 0 Å². The Kier molecular flexibility index (Phi) is 2.72. The molecule has 2 heterocycles. The molecule has 0 bridgehead atoms. The molecule has 3 rings (SSSR count). The number of fused-ring (bicyclic) bond motifs is 1. The van der Waals surface area contributed by atoms with Gasteiger partial charge in [0.1, 0.15) is 5.76 Å². The van der Waals surface area contributed by atoms with Crippen LogP contribution in [0, 0.1) is 0 Å². The molecule has 0 fully saturated rings. The quantitative estimate of drug-likeness (QED) is 0.668. The van der Waals surface area contributed by atoms with E-state index in [1.807, 2.05) is 18.2 Å². The normalized spacial score (nSPS) is 10.9. The van der Waals surface area contributed by atoms with E-state index in [1.54, 1.807) is 17.4 Å². The predicted octanol–water partition coefficient (Wildman–Crippen LogP) is 3.93. The summed E-state index contributed by atoms with van der Waals surface area (Å²) in [4.78, 5) is 15.1. The molecule has 3 aromatic rings. The Bertz CT molecular complexity index is 711. The molecule has 3 nitrogen and oxygen atoms in total. The number of aromatic nitrogens is 1. The fourth-order valence-corrected chi connectivity index (χ4v) is 2.79. The van der Waals surface area contributed by atoms with Gasteiger partial charge in [-0.2, -0.15) is 0 Å². The maximum Gasteiger partial charge on any atom is 0.185 e. The summed E-state index contributed by atoms with van der Waals surface area (Å²) in [5.41, 5.74) is 1.99. The largest absolute Gasteiger partial charge is 0.453 e. The molecular weight excluding hydrogens is 246 g/mol. The minimum Gasteiger partial charge on any atom is -0.453 e. The van der Waals surface area contributed by atoms with Crippen molar-refractivity contribution in [1.29, 1.82) is 0 Å². The summed E-state index contributed by atoms with van der Waals surface area (Å²) in [7, 11) is 0. The van der Waals surface area contributed by atoms with Crippen LogP contribution >= 0.6 is 11.3 Å². The topological polar surface area (TPSA) is 43.1 Å². The van der Waals surface area contributed by atoms with Crippen LogP contribution in [0.4, 0.5) is 0 Å². The Labute approximate surface area is 108 Å². The molecule has 0 saturated carbocycles. The number of benzene rings is 1. The van der Waals surface area contributed by atoms with Crippen molar-refractivity contribution in [3.63, 3.8) is 0 Å². The molecule has 0 spiro atoms. The van der Waals surface area contributed by atoms with Crippen LogP contribution in [0.1, 0.15) is 22.5 Å². The van der Waals surface area contributed by atoms with Crippen molar-refractivity contribution >= 4 is 27.8 Å². The SMILES string of the molecule is CCc1nc2ccc(-c3ccc(C=O)o3)cc2s1. The Morgan fingerprint density at radius 2 is 2.22 bits per heavy atom. The summed E-state index contributed by atoms with van der Waals surface area (Å²) in [6.45, 7) is 2.10. The molecule has 1 aromatic carbocycles. The van der Waals surface area contributed by atoms with E-state index in [0.717, 1.165) is 27.2 Å². The Balaban J connectivity index is 2.09. The predicted molar refractivity (Wildman–Crippen MR) is 72.1 cm³/mol. The third-order valence-electron chi connectivity index (χ3n) is 2.76. The molecular formula is C14H11NO2S. The van der Waals surface area contributed by atoms with Crippen molar-refractivity contribution in [2.45, 2.75) is 13.3 Å². The molecule has 90 valence electrons. The molecule has 0 aliphatic heterocycles. The Morgan fingerprint density at radius 1 is 1.33 bits per heavy atom. The highest BCUT2D eigenvalue weighted by atomic mass is 32.1. The van der Waals surface area contributed by atoms with Gasteiger partial charge in [0.15, 0.2) is 12.0 Å². The summed E-state index contributed by atoms with van der Waals surface area (Å²) in [6.07, 6.45) is 1.66. The zero-order valence-corrected chi connectivity index (χ0v) is 10.7. The maximum atomic E-state index is 10.6. The molecule has 0 N–H and O–H groups in total. The number of hydrogen-bond donors (Lipinski definition) is 0. The zero-order chi connectivity index (χ0) is 12.5. The first-order chi connectivity index (χ1) is 8.80. The highest BCUT2D eigenvalue weighted by Gasteiger charge is 2.07. The van der Waals surface area contributed by atoms with Gasteiger partial charge in [-0.3, -0.25) is 4.79 Å². The van der Waals surface area contributed by atoms with E-state index in [4.69, 9.17) is 4.42 Å². The highest BCUT2D eigenvalue weighted by molar-refractivity contribution is 7.18. The molecule has 18 heavy (non-hydrogen) atoms. The minimum absolute atomic E-state index is 0.351. The molecule has 0 amide bonds. The lowest BCUT2D eigenvalue weighted by atomic mass is 10.2. The molecule has 0 aliphatic rings. The van der Waals surface area contributed by atoms with E-state index in [2.05, 4.69) is 18.0 Å². The summed E-state index contributed by atoms with van der Waals surface area (Å²) in [5.74, 6) is 1.06. The number of furan rings is 1. The molecule has 2 aromatic heterocycles. The van der Waals surface area contributed by atoms with E-state index < -0.39 is 0 Å². The first-order valence-electron chi connectivity index (χ1n) is 5.75. The fourth-order valence-electron chi connectivity index (χ4n) is 1.85. The Hall–Kier alpha value is -1.94. The van der Waals surface area contributed by atoms with E-state index in [0.29, 0.717) is 17.8 Å². The highest BCUT2D eigenvalue weighted by Crippen LogP contribution is 2.29. The molecule has 0 saturated heterocycles. The van der Waals surface area contributed by atoms with Gasteiger partial charge in [-0.05, 0) is 36.8 Å². The number of thiazole rings is 1. The van der Waals surface area contributed by atoms with Gasteiger partial charge < -0.3 is 4.42 Å². The number of carbonyl (C=O) groups is 1. The zero-order valence-electron chi connectivity index (χ0n) is 9.84. The number of rotatable bonds is 3. The van der Waals surface area contributed by atoms with E-state index in [1.165, 1.54) is 0 Å². The third kappa shape index (κ3) is 1.84. The summed E-state index contributed by atoms with van der Waals surface area (Å²) in [6, 6.07) is 9.50. The van der Waals surface area contributed by atoms with Gasteiger partial charge in [0.25, 0.3) is 0 Å². The molecule has 0 aliphatic carbocycles.